The molecule has 1 aliphatic heterocycles. The van der Waals surface area contributed by atoms with Crippen LogP contribution in [0.3, 0.4) is 0 Å². The molecule has 2 rings (SSSR count). The summed E-state index contributed by atoms with van der Waals surface area (Å²) in [5, 5.41) is 8.05. The fraction of sp³-hybridized carbons (Fsp3) is 0.692. The molecular formula is C13H24N4O3S. The lowest BCUT2D eigenvalue weighted by atomic mass is 10.3. The Morgan fingerprint density at radius 1 is 1.29 bits per heavy atom. The number of sulfonamides is 1. The lowest BCUT2D eigenvalue weighted by molar-refractivity contribution is 0.152. The fourth-order valence-corrected chi connectivity index (χ4v) is 2.80. The van der Waals surface area contributed by atoms with Gasteiger partial charge in [0.05, 0.1) is 6.54 Å². The fourth-order valence-electron chi connectivity index (χ4n) is 2.32. The van der Waals surface area contributed by atoms with E-state index in [1.807, 2.05) is 0 Å². The molecule has 120 valence electrons. The highest BCUT2D eigenvalue weighted by atomic mass is 32.2. The summed E-state index contributed by atoms with van der Waals surface area (Å²) in [6.45, 7) is 7.00. The predicted molar refractivity (Wildman–Crippen MR) is 80.3 cm³/mol. The highest BCUT2D eigenvalue weighted by molar-refractivity contribution is 7.89. The van der Waals surface area contributed by atoms with Crippen LogP contribution in [0, 0.1) is 0 Å². The summed E-state index contributed by atoms with van der Waals surface area (Å²) in [6.07, 6.45) is 1.06. The van der Waals surface area contributed by atoms with E-state index in [4.69, 9.17) is 9.56 Å². The van der Waals surface area contributed by atoms with Crippen LogP contribution in [0.15, 0.2) is 21.6 Å². The number of nitrogens with two attached hydrogens (primary N) is 1. The average Bonchev–Trinajstić information content (AvgIpc) is 2.89. The topological polar surface area (TPSA) is 91.8 Å². The molecular weight excluding hydrogens is 292 g/mol. The molecule has 3 N–H and O–H groups in total. The molecule has 0 saturated carbocycles. The smallest absolute Gasteiger partial charge is 0.271 e. The molecule has 2 heterocycles. The highest BCUT2D eigenvalue weighted by Crippen LogP contribution is 2.11. The van der Waals surface area contributed by atoms with E-state index in [0.717, 1.165) is 45.7 Å². The van der Waals surface area contributed by atoms with Gasteiger partial charge in [-0.15, -0.1) is 0 Å². The molecule has 7 nitrogen and oxygen atoms in total. The molecule has 0 aliphatic carbocycles. The number of rotatable bonds is 7. The van der Waals surface area contributed by atoms with E-state index in [9.17, 15) is 8.42 Å². The van der Waals surface area contributed by atoms with Crippen molar-refractivity contribution in [1.82, 2.24) is 15.1 Å². The van der Waals surface area contributed by atoms with Crippen molar-refractivity contribution in [2.24, 2.45) is 5.14 Å². The number of hydrogen-bond donors (Lipinski definition) is 2. The Labute approximate surface area is 126 Å². The van der Waals surface area contributed by atoms with Gasteiger partial charge in [-0.3, -0.25) is 0 Å². The highest BCUT2D eigenvalue weighted by Gasteiger charge is 2.14. The van der Waals surface area contributed by atoms with Gasteiger partial charge in [-0.1, -0.05) is 0 Å². The van der Waals surface area contributed by atoms with Gasteiger partial charge in [0.2, 0.25) is 5.09 Å². The van der Waals surface area contributed by atoms with Crippen LogP contribution in [0.25, 0.3) is 0 Å². The summed E-state index contributed by atoms with van der Waals surface area (Å²) in [7, 11) is -1.59. The van der Waals surface area contributed by atoms with Crippen molar-refractivity contribution < 1.29 is 12.8 Å². The van der Waals surface area contributed by atoms with Gasteiger partial charge < -0.3 is 19.5 Å². The van der Waals surface area contributed by atoms with Crippen molar-refractivity contribution in [3.63, 3.8) is 0 Å². The number of furan rings is 1. The van der Waals surface area contributed by atoms with Crippen molar-refractivity contribution in [3.8, 4) is 0 Å². The molecule has 1 aliphatic rings. The zero-order valence-electron chi connectivity index (χ0n) is 12.4. The number of hydrogen-bond acceptors (Lipinski definition) is 6. The Bertz CT molecular complexity index is 535. The summed E-state index contributed by atoms with van der Waals surface area (Å²) >= 11 is 0. The van der Waals surface area contributed by atoms with Crippen LogP contribution in [0.2, 0.25) is 0 Å². The van der Waals surface area contributed by atoms with Crippen LogP contribution < -0.4 is 10.5 Å². The molecule has 1 aromatic heterocycles. The Kier molecular flexibility index (Phi) is 5.77. The number of primary sulfonamides is 1. The first-order chi connectivity index (χ1) is 9.95. The summed E-state index contributed by atoms with van der Waals surface area (Å²) in [4.78, 5) is 4.81. The quantitative estimate of drug-likeness (QED) is 0.668. The zero-order valence-corrected chi connectivity index (χ0v) is 13.2. The third-order valence-electron chi connectivity index (χ3n) is 3.64. The third-order valence-corrected chi connectivity index (χ3v) is 4.42. The standard InChI is InChI=1S/C13H24N4O3S/c1-16-7-9-17(10-8-16)6-2-5-15-11-12-3-4-13(20-12)21(14,18)19/h3-4,15H,2,5-11H2,1H3,(H2,14,18,19). The molecule has 21 heavy (non-hydrogen) atoms. The van der Waals surface area contributed by atoms with E-state index in [1.54, 1.807) is 6.07 Å². The van der Waals surface area contributed by atoms with Gasteiger partial charge in [-0.2, -0.15) is 0 Å². The SMILES string of the molecule is CN1CCN(CCCNCc2ccc(S(N)(=O)=O)o2)CC1. The molecule has 1 fully saturated rings. The van der Waals surface area contributed by atoms with Gasteiger partial charge in [0.1, 0.15) is 5.76 Å². The third kappa shape index (κ3) is 5.40. The molecule has 0 radical (unpaired) electrons. The van der Waals surface area contributed by atoms with E-state index in [-0.39, 0.29) is 5.09 Å². The molecule has 0 bridgehead atoms. The van der Waals surface area contributed by atoms with Gasteiger partial charge in [0, 0.05) is 26.2 Å². The van der Waals surface area contributed by atoms with Crippen LogP contribution in [-0.2, 0) is 16.6 Å². The first kappa shape index (κ1) is 16.4. The molecule has 0 spiro atoms. The van der Waals surface area contributed by atoms with Gasteiger partial charge in [-0.25, -0.2) is 13.6 Å². The van der Waals surface area contributed by atoms with Crippen molar-refractivity contribution >= 4 is 10.0 Å². The average molecular weight is 316 g/mol. The Morgan fingerprint density at radius 2 is 2.00 bits per heavy atom. The van der Waals surface area contributed by atoms with E-state index in [2.05, 4.69) is 22.2 Å². The van der Waals surface area contributed by atoms with Crippen LogP contribution in [0.1, 0.15) is 12.2 Å². The molecule has 0 atom stereocenters. The zero-order chi connectivity index (χ0) is 15.3. The lowest BCUT2D eigenvalue weighted by Crippen LogP contribution is -2.45. The van der Waals surface area contributed by atoms with Gasteiger partial charge in [0.25, 0.3) is 10.0 Å². The predicted octanol–water partition coefficient (Wildman–Crippen LogP) is -0.346. The maximum absolute atomic E-state index is 11.1. The minimum Gasteiger partial charge on any atom is -0.447 e. The number of likely N-dealkylation sites (N-methyl/N-ethyl adjacent to an activating group) is 1. The molecule has 1 aromatic rings. The van der Waals surface area contributed by atoms with Crippen molar-refractivity contribution in [2.75, 3.05) is 46.3 Å². The first-order valence-electron chi connectivity index (χ1n) is 7.18. The minimum absolute atomic E-state index is 0.184. The summed E-state index contributed by atoms with van der Waals surface area (Å²) in [5.74, 6) is 0.582. The largest absolute Gasteiger partial charge is 0.447 e. The van der Waals surface area contributed by atoms with Crippen LogP contribution in [0.4, 0.5) is 0 Å². The molecule has 0 aromatic carbocycles. The minimum atomic E-state index is -3.74. The molecule has 1 saturated heterocycles. The van der Waals surface area contributed by atoms with E-state index in [1.165, 1.54) is 6.07 Å². The van der Waals surface area contributed by atoms with Crippen LogP contribution in [-0.4, -0.2) is 64.5 Å². The molecule has 0 unspecified atom stereocenters. The second-order valence-corrected chi connectivity index (χ2v) is 6.93. The van der Waals surface area contributed by atoms with Gasteiger partial charge in [0.15, 0.2) is 0 Å². The van der Waals surface area contributed by atoms with Crippen molar-refractivity contribution in [2.45, 2.75) is 18.1 Å². The van der Waals surface area contributed by atoms with E-state index in [0.29, 0.717) is 12.3 Å². The Hall–Kier alpha value is -0.930. The normalized spacial score (nSPS) is 18.2. The van der Waals surface area contributed by atoms with Crippen molar-refractivity contribution in [3.05, 3.63) is 17.9 Å². The van der Waals surface area contributed by atoms with Crippen LogP contribution >= 0.6 is 0 Å². The maximum atomic E-state index is 11.1. The van der Waals surface area contributed by atoms with Crippen molar-refractivity contribution in [1.29, 1.82) is 0 Å². The Balaban J connectivity index is 1.61. The number of piperazine rings is 1. The van der Waals surface area contributed by atoms with Gasteiger partial charge in [-0.05, 0) is 38.7 Å². The van der Waals surface area contributed by atoms with E-state index < -0.39 is 10.0 Å². The number of nitrogens with one attached hydrogen (secondary N) is 1. The summed E-state index contributed by atoms with van der Waals surface area (Å²) < 4.78 is 27.3. The maximum Gasteiger partial charge on any atom is 0.271 e. The number of nitrogens with zero attached hydrogens (tertiary/aromatic N) is 2. The van der Waals surface area contributed by atoms with Gasteiger partial charge >= 0.3 is 0 Å². The van der Waals surface area contributed by atoms with E-state index >= 15 is 0 Å². The summed E-state index contributed by atoms with van der Waals surface area (Å²) in [5.41, 5.74) is 0. The van der Waals surface area contributed by atoms with Crippen LogP contribution in [0.5, 0.6) is 0 Å². The second-order valence-electron chi connectivity index (χ2n) is 5.44. The first-order valence-corrected chi connectivity index (χ1v) is 8.73. The lowest BCUT2D eigenvalue weighted by Gasteiger charge is -2.32. The Morgan fingerprint density at radius 3 is 2.62 bits per heavy atom. The molecule has 8 heteroatoms. The summed E-state index contributed by atoms with van der Waals surface area (Å²) in [6, 6.07) is 3.02. The second kappa shape index (κ2) is 7.37. The molecule has 0 amide bonds. The monoisotopic (exact) mass is 316 g/mol.